The molecule has 4 rings (SSSR count). The Morgan fingerprint density at radius 1 is 1.33 bits per heavy atom. The van der Waals surface area contributed by atoms with Crippen LogP contribution >= 0.6 is 0 Å². The summed E-state index contributed by atoms with van der Waals surface area (Å²) in [5.74, 6) is 0.806. The molecule has 3 aromatic rings. The molecular formula is C18H21N5O. The molecule has 6 heteroatoms. The van der Waals surface area contributed by atoms with Crippen LogP contribution in [0.1, 0.15) is 32.4 Å². The molecule has 0 amide bonds. The summed E-state index contributed by atoms with van der Waals surface area (Å²) >= 11 is 0. The maximum Gasteiger partial charge on any atom is 0.142 e. The minimum absolute atomic E-state index is 0.168. The number of nitrogens with zero attached hydrogens (tertiary/aromatic N) is 3. The van der Waals surface area contributed by atoms with E-state index in [1.807, 2.05) is 19.9 Å². The second-order valence-corrected chi connectivity index (χ2v) is 5.47. The topological polar surface area (TPSA) is 86.6 Å². The largest absolute Gasteiger partial charge is 0.488 e. The zero-order chi connectivity index (χ0) is 16.9. The molecule has 24 heavy (non-hydrogen) atoms. The number of H-pyrrole nitrogens is 1. The van der Waals surface area contributed by atoms with Gasteiger partial charge in [-0.15, -0.1) is 0 Å². The molecule has 0 aromatic carbocycles. The van der Waals surface area contributed by atoms with Crippen LogP contribution in [0.15, 0.2) is 24.5 Å². The molecule has 0 saturated carbocycles. The van der Waals surface area contributed by atoms with Crippen molar-refractivity contribution in [2.45, 2.75) is 32.8 Å². The van der Waals surface area contributed by atoms with Crippen LogP contribution in [0.3, 0.4) is 0 Å². The number of hydrogen-bond acceptors (Lipinski definition) is 5. The molecule has 1 atom stereocenters. The highest BCUT2D eigenvalue weighted by atomic mass is 16.5. The number of hydrogen-bond donors (Lipinski definition) is 2. The average molecular weight is 323 g/mol. The summed E-state index contributed by atoms with van der Waals surface area (Å²) in [4.78, 5) is 11.7. The van der Waals surface area contributed by atoms with Crippen molar-refractivity contribution < 1.29 is 4.74 Å². The Hall–Kier alpha value is -2.65. The molecule has 0 bridgehead atoms. The highest BCUT2D eigenvalue weighted by Crippen LogP contribution is 2.32. The van der Waals surface area contributed by atoms with Gasteiger partial charge in [-0.1, -0.05) is 13.8 Å². The molecule has 0 aliphatic carbocycles. The number of aromatic amines is 1. The highest BCUT2D eigenvalue weighted by molar-refractivity contribution is 6.09. The minimum atomic E-state index is 0.168. The lowest BCUT2D eigenvalue weighted by atomic mass is 10.1. The van der Waals surface area contributed by atoms with Gasteiger partial charge in [0.15, 0.2) is 0 Å². The molecule has 2 N–H and O–H groups in total. The van der Waals surface area contributed by atoms with Crippen molar-refractivity contribution in [3.8, 4) is 11.8 Å². The number of rotatable bonds is 2. The van der Waals surface area contributed by atoms with Crippen LogP contribution < -0.4 is 10.1 Å². The van der Waals surface area contributed by atoms with E-state index in [1.54, 1.807) is 18.5 Å². The first kappa shape index (κ1) is 16.2. The maximum absolute atomic E-state index is 9.06. The zero-order valence-electron chi connectivity index (χ0n) is 14.0. The molecule has 6 nitrogen and oxygen atoms in total. The first-order chi connectivity index (χ1) is 11.8. The van der Waals surface area contributed by atoms with E-state index in [1.165, 1.54) is 0 Å². The molecule has 4 heterocycles. The molecule has 0 spiro atoms. The molecule has 3 aromatic heterocycles. The van der Waals surface area contributed by atoms with Crippen LogP contribution in [0.4, 0.5) is 0 Å². The predicted molar refractivity (Wildman–Crippen MR) is 94.0 cm³/mol. The van der Waals surface area contributed by atoms with Crippen molar-refractivity contribution in [3.05, 3.63) is 30.2 Å². The van der Waals surface area contributed by atoms with E-state index in [0.29, 0.717) is 5.69 Å². The summed E-state index contributed by atoms with van der Waals surface area (Å²) in [6, 6.07) is 5.74. The van der Waals surface area contributed by atoms with Gasteiger partial charge in [0.25, 0.3) is 0 Å². The summed E-state index contributed by atoms with van der Waals surface area (Å²) in [5.41, 5.74) is 2.01. The van der Waals surface area contributed by atoms with Crippen LogP contribution in [0.5, 0.6) is 5.75 Å². The van der Waals surface area contributed by atoms with Gasteiger partial charge in [-0.25, -0.2) is 9.97 Å². The average Bonchev–Trinajstić information content (AvgIpc) is 3.03. The number of fused-ring (bicyclic) bond motifs is 3. The summed E-state index contributed by atoms with van der Waals surface area (Å²) < 4.78 is 6.18. The van der Waals surface area contributed by atoms with Crippen molar-refractivity contribution in [3.63, 3.8) is 0 Å². The summed E-state index contributed by atoms with van der Waals surface area (Å²) in [5, 5.41) is 14.3. The van der Waals surface area contributed by atoms with Gasteiger partial charge >= 0.3 is 0 Å². The Balaban J connectivity index is 0.000000815. The summed E-state index contributed by atoms with van der Waals surface area (Å²) in [6.45, 7) is 5.91. The monoisotopic (exact) mass is 323 g/mol. The lowest BCUT2D eigenvalue weighted by Gasteiger charge is -2.24. The fourth-order valence-corrected chi connectivity index (χ4v) is 2.95. The number of nitriles is 1. The number of ether oxygens (including phenoxy) is 1. The molecule has 0 radical (unpaired) electrons. The van der Waals surface area contributed by atoms with Gasteiger partial charge in [-0.3, -0.25) is 0 Å². The molecule has 1 saturated heterocycles. The van der Waals surface area contributed by atoms with E-state index in [9.17, 15) is 0 Å². The Labute approximate surface area is 140 Å². The number of pyridine rings is 2. The minimum Gasteiger partial charge on any atom is -0.488 e. The van der Waals surface area contributed by atoms with Gasteiger partial charge < -0.3 is 15.0 Å². The van der Waals surface area contributed by atoms with Crippen molar-refractivity contribution in [1.29, 1.82) is 5.26 Å². The zero-order valence-corrected chi connectivity index (χ0v) is 14.0. The first-order valence-corrected chi connectivity index (χ1v) is 8.39. The van der Waals surface area contributed by atoms with E-state index in [4.69, 9.17) is 10.00 Å². The second-order valence-electron chi connectivity index (χ2n) is 5.47. The normalized spacial score (nSPS) is 17.1. The van der Waals surface area contributed by atoms with Crippen LogP contribution in [0.25, 0.3) is 21.9 Å². The maximum atomic E-state index is 9.06. The first-order valence-electron chi connectivity index (χ1n) is 8.39. The smallest absolute Gasteiger partial charge is 0.142 e. The van der Waals surface area contributed by atoms with E-state index < -0.39 is 0 Å². The second kappa shape index (κ2) is 7.28. The number of aromatic nitrogens is 3. The van der Waals surface area contributed by atoms with Gasteiger partial charge in [0.05, 0.1) is 17.1 Å². The van der Waals surface area contributed by atoms with Gasteiger partial charge in [-0.2, -0.15) is 5.26 Å². The van der Waals surface area contributed by atoms with Gasteiger partial charge in [0.2, 0.25) is 0 Å². The third kappa shape index (κ3) is 3.03. The molecule has 1 aliphatic rings. The van der Waals surface area contributed by atoms with Gasteiger partial charge in [0.1, 0.15) is 29.3 Å². The van der Waals surface area contributed by atoms with Crippen LogP contribution in [-0.4, -0.2) is 34.1 Å². The Morgan fingerprint density at radius 3 is 2.96 bits per heavy atom. The van der Waals surface area contributed by atoms with Crippen molar-refractivity contribution in [1.82, 2.24) is 20.3 Å². The van der Waals surface area contributed by atoms with Crippen LogP contribution in [0, 0.1) is 11.3 Å². The van der Waals surface area contributed by atoms with Crippen LogP contribution in [-0.2, 0) is 0 Å². The third-order valence-electron chi connectivity index (χ3n) is 4.00. The Morgan fingerprint density at radius 2 is 2.21 bits per heavy atom. The summed E-state index contributed by atoms with van der Waals surface area (Å²) in [7, 11) is 0. The van der Waals surface area contributed by atoms with Crippen molar-refractivity contribution >= 4 is 21.9 Å². The fraction of sp³-hybridized carbons (Fsp3) is 0.389. The fourth-order valence-electron chi connectivity index (χ4n) is 2.95. The highest BCUT2D eigenvalue weighted by Gasteiger charge is 2.18. The lowest BCUT2D eigenvalue weighted by molar-refractivity contribution is 0.169. The van der Waals surface area contributed by atoms with Crippen LogP contribution in [0.2, 0.25) is 0 Å². The SMILES string of the molecule is CC.N#Cc1cc2c(cn1)[nH]c1nccc(OC3CCCNC3)c12. The summed E-state index contributed by atoms with van der Waals surface area (Å²) in [6.07, 6.45) is 5.74. The standard InChI is InChI=1S/C16H15N5O.C2H6/c17-7-10-6-12-13(9-20-10)21-16-15(12)14(3-5-19-16)22-11-2-1-4-18-8-11;1-2/h3,5-6,9,11,18H,1-2,4,8H2,(H,19,21);1-2H3. The quantitative estimate of drug-likeness (QED) is 0.756. The third-order valence-corrected chi connectivity index (χ3v) is 4.00. The van der Waals surface area contributed by atoms with Crippen molar-refractivity contribution in [2.24, 2.45) is 0 Å². The number of nitrogens with one attached hydrogen (secondary N) is 2. The molecule has 1 unspecified atom stereocenters. The van der Waals surface area contributed by atoms with Gasteiger partial charge in [0, 0.05) is 18.1 Å². The van der Waals surface area contributed by atoms with E-state index in [2.05, 4.69) is 26.3 Å². The molecule has 124 valence electrons. The Bertz CT molecular complexity index is 874. The van der Waals surface area contributed by atoms with E-state index in [-0.39, 0.29) is 6.10 Å². The predicted octanol–water partition coefficient (Wildman–Crippen LogP) is 3.14. The van der Waals surface area contributed by atoms with Crippen molar-refractivity contribution in [2.75, 3.05) is 13.1 Å². The Kier molecular flexibility index (Phi) is 4.92. The molecular weight excluding hydrogens is 302 g/mol. The molecule has 1 aliphatic heterocycles. The number of piperidine rings is 1. The van der Waals surface area contributed by atoms with E-state index >= 15 is 0 Å². The van der Waals surface area contributed by atoms with Gasteiger partial charge in [-0.05, 0) is 31.5 Å². The molecule has 1 fully saturated rings. The van der Waals surface area contributed by atoms with E-state index in [0.717, 1.165) is 53.6 Å². The lowest BCUT2D eigenvalue weighted by Crippen LogP contribution is -2.37.